The van der Waals surface area contributed by atoms with Gasteiger partial charge in [-0.25, -0.2) is 0 Å². The van der Waals surface area contributed by atoms with Crippen molar-refractivity contribution < 1.29 is 29.2 Å². The lowest BCUT2D eigenvalue weighted by Gasteiger charge is -2.20. The molecule has 1 atom stereocenters. The van der Waals surface area contributed by atoms with Gasteiger partial charge in [-0.1, -0.05) is 121 Å². The van der Waals surface area contributed by atoms with Crippen LogP contribution in [-0.2, 0) is 32.2 Å². The number of rotatable bonds is 27. The first kappa shape index (κ1) is 45.2. The first-order chi connectivity index (χ1) is 29.8. The molecule has 2 heterocycles. The molecule has 6 aromatic rings. The number of aryl methyl sites for hydroxylation is 2. The van der Waals surface area contributed by atoms with Crippen LogP contribution in [0.15, 0.2) is 72.8 Å². The molecule has 0 saturated carbocycles. The summed E-state index contributed by atoms with van der Waals surface area (Å²) in [5.74, 6) is -0.274. The van der Waals surface area contributed by atoms with E-state index in [2.05, 4.69) is 27.3 Å². The number of fused-ring (bicyclic) bond motifs is 2. The van der Waals surface area contributed by atoms with Crippen LogP contribution < -0.4 is 0 Å². The van der Waals surface area contributed by atoms with Gasteiger partial charge in [-0.3, -0.25) is 4.79 Å². The lowest BCUT2D eigenvalue weighted by atomic mass is 10.0. The van der Waals surface area contributed by atoms with Crippen molar-refractivity contribution in [3.8, 4) is 22.9 Å². The minimum atomic E-state index is -0.664. The summed E-state index contributed by atoms with van der Waals surface area (Å²) in [4.78, 5) is 15.8. The average molecular weight is 833 g/mol. The number of benzene rings is 4. The Bertz CT molecular complexity index is 2220. The smallest absolute Gasteiger partial charge is 0.305 e. The summed E-state index contributed by atoms with van der Waals surface area (Å²) in [5, 5.41) is 40.9. The van der Waals surface area contributed by atoms with Gasteiger partial charge in [0.25, 0.3) is 0 Å². The van der Waals surface area contributed by atoms with Crippen molar-refractivity contribution >= 4 is 28.0 Å². The molecular weight excluding hydrogens is 769 g/mol. The highest BCUT2D eigenvalue weighted by atomic mass is 16.6. The van der Waals surface area contributed by atoms with E-state index in [0.29, 0.717) is 40.0 Å². The zero-order valence-corrected chi connectivity index (χ0v) is 36.4. The highest BCUT2D eigenvalue weighted by Gasteiger charge is 2.20. The molecule has 0 fully saturated rings. The molecule has 2 N–H and O–H groups in total. The average Bonchev–Trinajstić information content (AvgIpc) is 3.90. The Morgan fingerprint density at radius 1 is 0.574 bits per heavy atom. The number of nitrogens with zero attached hydrogens (tertiary/aromatic N) is 6. The fourth-order valence-corrected chi connectivity index (χ4v) is 7.68. The third-order valence-corrected chi connectivity index (χ3v) is 11.1. The summed E-state index contributed by atoms with van der Waals surface area (Å²) in [6.45, 7) is 6.24. The van der Waals surface area contributed by atoms with Gasteiger partial charge in [0.05, 0.1) is 19.8 Å². The van der Waals surface area contributed by atoms with Crippen LogP contribution in [0.25, 0.3) is 33.4 Å². The van der Waals surface area contributed by atoms with Crippen molar-refractivity contribution in [3.05, 3.63) is 95.1 Å². The standard InChI is InChI=1S/C49H64N6O6/c1-4-5-6-7-8-9-10-11-12-13-14-15-16-17-18-27-47(56)61-35-40(60-33-39-29-37(3)31-46(49(39)58)55-52-43-25-21-22-26-44(43)53-55)34-59-32-38-28-36(2)30-45(48(38)57)54-50-41-23-19-20-24-42(41)51-54/h19-26,28-31,40,57-58H,4-18,27,32-35H2,1-3H3. The van der Waals surface area contributed by atoms with E-state index < -0.39 is 6.10 Å². The van der Waals surface area contributed by atoms with Crippen molar-refractivity contribution in [3.63, 3.8) is 0 Å². The zero-order chi connectivity index (χ0) is 42.8. The molecule has 12 nitrogen and oxygen atoms in total. The fraction of sp³-hybridized carbons (Fsp3) is 0.490. The Morgan fingerprint density at radius 2 is 0.984 bits per heavy atom. The molecule has 2 aromatic heterocycles. The highest BCUT2D eigenvalue weighted by molar-refractivity contribution is 5.74. The number of carbonyl (C=O) groups is 1. The topological polar surface area (TPSA) is 147 Å². The van der Waals surface area contributed by atoms with Crippen LogP contribution in [0, 0.1) is 13.8 Å². The van der Waals surface area contributed by atoms with Crippen LogP contribution in [0.3, 0.4) is 0 Å². The van der Waals surface area contributed by atoms with Gasteiger partial charge in [0.2, 0.25) is 0 Å². The van der Waals surface area contributed by atoms with Gasteiger partial charge in [-0.15, -0.1) is 30.0 Å². The molecule has 12 heteroatoms. The first-order valence-electron chi connectivity index (χ1n) is 22.4. The maximum Gasteiger partial charge on any atom is 0.305 e. The predicted octanol–water partition coefficient (Wildman–Crippen LogP) is 11.1. The largest absolute Gasteiger partial charge is 0.505 e. The predicted molar refractivity (Wildman–Crippen MR) is 239 cm³/mol. The van der Waals surface area contributed by atoms with Crippen molar-refractivity contribution in [1.29, 1.82) is 0 Å². The number of hydrogen-bond acceptors (Lipinski definition) is 10. The number of carbonyl (C=O) groups excluding carboxylic acids is 1. The second-order valence-corrected chi connectivity index (χ2v) is 16.4. The summed E-state index contributed by atoms with van der Waals surface area (Å²) in [6.07, 6.45) is 18.6. The summed E-state index contributed by atoms with van der Waals surface area (Å²) in [5.41, 5.74) is 6.62. The van der Waals surface area contributed by atoms with Crippen molar-refractivity contribution in [2.45, 2.75) is 143 Å². The number of phenolic OH excluding ortho intramolecular Hbond substituents is 2. The van der Waals surface area contributed by atoms with Crippen LogP contribution in [0.1, 0.15) is 132 Å². The molecule has 326 valence electrons. The lowest BCUT2D eigenvalue weighted by Crippen LogP contribution is -2.27. The van der Waals surface area contributed by atoms with Crippen LogP contribution in [0.4, 0.5) is 0 Å². The molecule has 0 amide bonds. The molecule has 0 aliphatic rings. The number of ether oxygens (including phenoxy) is 3. The third kappa shape index (κ3) is 13.6. The van der Waals surface area contributed by atoms with Gasteiger partial charge in [-0.05, 0) is 79.9 Å². The van der Waals surface area contributed by atoms with E-state index in [1.807, 2.05) is 86.6 Å². The molecule has 0 aliphatic carbocycles. The Labute approximate surface area is 360 Å². The molecule has 0 saturated heterocycles. The monoisotopic (exact) mass is 832 g/mol. The van der Waals surface area contributed by atoms with Gasteiger partial charge < -0.3 is 24.4 Å². The highest BCUT2D eigenvalue weighted by Crippen LogP contribution is 2.31. The summed E-state index contributed by atoms with van der Waals surface area (Å²) in [6, 6.07) is 22.4. The summed E-state index contributed by atoms with van der Waals surface area (Å²) >= 11 is 0. The van der Waals surface area contributed by atoms with Gasteiger partial charge in [0, 0.05) is 17.5 Å². The summed E-state index contributed by atoms with van der Waals surface area (Å²) in [7, 11) is 0. The third-order valence-electron chi connectivity index (χ3n) is 11.1. The number of aromatic nitrogens is 6. The SMILES string of the molecule is CCCCCCCCCCCCCCCCCC(=O)OCC(COCc1cc(C)cc(-n2nc3ccccc3n2)c1O)OCc1cc(C)cc(-n2nc3ccccc3n2)c1O. The molecule has 0 radical (unpaired) electrons. The number of unbranched alkanes of at least 4 members (excludes halogenated alkanes) is 14. The molecule has 4 aromatic carbocycles. The molecule has 6 rings (SSSR count). The maximum absolute atomic E-state index is 12.9. The molecule has 0 bridgehead atoms. The minimum Gasteiger partial charge on any atom is -0.505 e. The van der Waals surface area contributed by atoms with Crippen LogP contribution in [-0.4, -0.2) is 65.5 Å². The Balaban J connectivity index is 1.01. The van der Waals surface area contributed by atoms with E-state index in [-0.39, 0.29) is 43.9 Å². The van der Waals surface area contributed by atoms with Gasteiger partial charge >= 0.3 is 5.97 Å². The van der Waals surface area contributed by atoms with E-state index in [0.717, 1.165) is 41.4 Å². The number of hydrogen-bond donors (Lipinski definition) is 2. The van der Waals surface area contributed by atoms with Gasteiger partial charge in [0.15, 0.2) is 0 Å². The fourth-order valence-electron chi connectivity index (χ4n) is 7.68. The molecule has 61 heavy (non-hydrogen) atoms. The van der Waals surface area contributed by atoms with E-state index in [9.17, 15) is 15.0 Å². The van der Waals surface area contributed by atoms with Crippen molar-refractivity contribution in [2.24, 2.45) is 0 Å². The Kier molecular flexibility index (Phi) is 17.5. The molecule has 1 unspecified atom stereocenters. The van der Waals surface area contributed by atoms with Crippen LogP contribution >= 0.6 is 0 Å². The Morgan fingerprint density at radius 3 is 1.43 bits per heavy atom. The quantitative estimate of drug-likeness (QED) is 0.0380. The number of aromatic hydroxyl groups is 2. The van der Waals surface area contributed by atoms with E-state index >= 15 is 0 Å². The van der Waals surface area contributed by atoms with Crippen LogP contribution in [0.5, 0.6) is 11.5 Å². The molecule has 0 aliphatic heterocycles. The second kappa shape index (κ2) is 23.6. The number of esters is 1. The maximum atomic E-state index is 12.9. The molecular formula is C49H64N6O6. The van der Waals surface area contributed by atoms with Gasteiger partial charge in [0.1, 0.15) is 57.7 Å². The summed E-state index contributed by atoms with van der Waals surface area (Å²) < 4.78 is 18.2. The van der Waals surface area contributed by atoms with Crippen molar-refractivity contribution in [2.75, 3.05) is 13.2 Å². The van der Waals surface area contributed by atoms with Gasteiger partial charge in [-0.2, -0.15) is 0 Å². The van der Waals surface area contributed by atoms with E-state index in [4.69, 9.17) is 14.2 Å². The lowest BCUT2D eigenvalue weighted by molar-refractivity contribution is -0.150. The zero-order valence-electron chi connectivity index (χ0n) is 36.4. The van der Waals surface area contributed by atoms with Crippen molar-refractivity contribution in [1.82, 2.24) is 30.0 Å². The normalized spacial score (nSPS) is 12.1. The Hall–Kier alpha value is -5.33. The number of phenols is 2. The first-order valence-corrected chi connectivity index (χ1v) is 22.4. The van der Waals surface area contributed by atoms with E-state index in [1.165, 1.54) is 86.6 Å². The molecule has 0 spiro atoms. The second-order valence-electron chi connectivity index (χ2n) is 16.4. The minimum absolute atomic E-state index is 0.00663. The van der Waals surface area contributed by atoms with Crippen LogP contribution in [0.2, 0.25) is 0 Å². The van der Waals surface area contributed by atoms with E-state index in [1.54, 1.807) is 0 Å².